The van der Waals surface area contributed by atoms with Gasteiger partial charge < -0.3 is 14.5 Å². The molecule has 1 saturated carbocycles. The van der Waals surface area contributed by atoms with Crippen LogP contribution in [0.5, 0.6) is 5.75 Å². The van der Waals surface area contributed by atoms with Gasteiger partial charge in [0.1, 0.15) is 12.0 Å². The van der Waals surface area contributed by atoms with Crippen molar-refractivity contribution in [1.29, 1.82) is 0 Å². The van der Waals surface area contributed by atoms with Crippen LogP contribution in [-0.2, 0) is 0 Å². The van der Waals surface area contributed by atoms with Crippen LogP contribution >= 0.6 is 0 Å². The molecule has 0 radical (unpaired) electrons. The van der Waals surface area contributed by atoms with Crippen LogP contribution in [0, 0.1) is 6.92 Å². The monoisotopic (exact) mass is 328 g/mol. The van der Waals surface area contributed by atoms with Gasteiger partial charge >= 0.3 is 5.63 Å². The van der Waals surface area contributed by atoms with Gasteiger partial charge in [0.25, 0.3) is 5.91 Å². The number of amides is 1. The normalized spacial score (nSPS) is 20.4. The van der Waals surface area contributed by atoms with Crippen molar-refractivity contribution in [2.24, 2.45) is 0 Å². The average molecular weight is 328 g/mol. The van der Waals surface area contributed by atoms with E-state index in [-0.39, 0.29) is 18.1 Å². The Morgan fingerprint density at radius 1 is 1.25 bits per heavy atom. The highest BCUT2D eigenvalue weighted by molar-refractivity contribution is 5.93. The molecule has 1 aliphatic rings. The third-order valence-corrected chi connectivity index (χ3v) is 4.22. The first-order chi connectivity index (χ1) is 11.6. The SMILES string of the molecule is Cc1ncccc1OC1CCC(NC(=O)c2ccc(=O)oc2)CC1. The van der Waals surface area contributed by atoms with Gasteiger partial charge in [0.2, 0.25) is 0 Å². The number of hydrogen-bond donors (Lipinski definition) is 1. The lowest BCUT2D eigenvalue weighted by molar-refractivity contribution is 0.0891. The number of pyridine rings is 1. The van der Waals surface area contributed by atoms with Crippen molar-refractivity contribution in [2.75, 3.05) is 0 Å². The number of rotatable bonds is 4. The van der Waals surface area contributed by atoms with Gasteiger partial charge in [-0.05, 0) is 50.8 Å². The summed E-state index contributed by atoms with van der Waals surface area (Å²) in [5.41, 5.74) is 0.785. The predicted molar refractivity (Wildman–Crippen MR) is 88.1 cm³/mol. The molecule has 3 rings (SSSR count). The van der Waals surface area contributed by atoms with E-state index in [0.717, 1.165) is 37.1 Å². The summed E-state index contributed by atoms with van der Waals surface area (Å²) in [5, 5.41) is 2.98. The minimum Gasteiger partial charge on any atom is -0.489 e. The van der Waals surface area contributed by atoms with Crippen molar-refractivity contribution < 1.29 is 13.9 Å². The molecule has 1 N–H and O–H groups in total. The third kappa shape index (κ3) is 4.01. The number of nitrogens with one attached hydrogen (secondary N) is 1. The molecule has 6 heteroatoms. The third-order valence-electron chi connectivity index (χ3n) is 4.22. The summed E-state index contributed by atoms with van der Waals surface area (Å²) in [5.74, 6) is 0.607. The molecule has 0 aromatic carbocycles. The molecular weight excluding hydrogens is 308 g/mol. The van der Waals surface area contributed by atoms with E-state index in [9.17, 15) is 9.59 Å². The van der Waals surface area contributed by atoms with Crippen LogP contribution in [0.1, 0.15) is 41.7 Å². The molecule has 2 aromatic heterocycles. The van der Waals surface area contributed by atoms with Crippen molar-refractivity contribution in [3.63, 3.8) is 0 Å². The molecule has 24 heavy (non-hydrogen) atoms. The van der Waals surface area contributed by atoms with E-state index >= 15 is 0 Å². The van der Waals surface area contributed by atoms with E-state index < -0.39 is 5.63 Å². The van der Waals surface area contributed by atoms with Gasteiger partial charge in [-0.3, -0.25) is 9.78 Å². The number of hydrogen-bond acceptors (Lipinski definition) is 5. The summed E-state index contributed by atoms with van der Waals surface area (Å²) < 4.78 is 10.7. The summed E-state index contributed by atoms with van der Waals surface area (Å²) in [6.45, 7) is 1.93. The minimum absolute atomic E-state index is 0.110. The molecule has 0 atom stereocenters. The lowest BCUT2D eigenvalue weighted by atomic mass is 9.92. The molecule has 0 bridgehead atoms. The quantitative estimate of drug-likeness (QED) is 0.932. The first kappa shape index (κ1) is 16.2. The fourth-order valence-corrected chi connectivity index (χ4v) is 2.85. The average Bonchev–Trinajstić information content (AvgIpc) is 2.59. The number of carbonyl (C=O) groups excluding carboxylic acids is 1. The van der Waals surface area contributed by atoms with E-state index in [4.69, 9.17) is 9.15 Å². The Hall–Kier alpha value is -2.63. The smallest absolute Gasteiger partial charge is 0.335 e. The number of carbonyl (C=O) groups is 1. The Bertz CT molecular complexity index is 743. The van der Waals surface area contributed by atoms with E-state index in [1.165, 1.54) is 18.4 Å². The maximum atomic E-state index is 12.1. The number of aryl methyl sites for hydroxylation is 1. The highest BCUT2D eigenvalue weighted by Gasteiger charge is 2.24. The Labute approximate surface area is 139 Å². The fraction of sp³-hybridized carbons (Fsp3) is 0.389. The molecule has 6 nitrogen and oxygen atoms in total. The number of ether oxygens (including phenoxy) is 1. The van der Waals surface area contributed by atoms with Crippen LogP contribution in [0.25, 0.3) is 0 Å². The van der Waals surface area contributed by atoms with Gasteiger partial charge in [-0.15, -0.1) is 0 Å². The maximum Gasteiger partial charge on any atom is 0.335 e. The zero-order valence-corrected chi connectivity index (χ0v) is 13.5. The van der Waals surface area contributed by atoms with E-state index in [1.807, 2.05) is 19.1 Å². The van der Waals surface area contributed by atoms with Crippen molar-refractivity contribution in [3.05, 3.63) is 58.4 Å². The molecule has 1 aliphatic carbocycles. The molecule has 2 aromatic rings. The summed E-state index contributed by atoms with van der Waals surface area (Å²) >= 11 is 0. The molecular formula is C18H20N2O4. The molecule has 1 amide bonds. The second kappa shape index (κ2) is 7.29. The topological polar surface area (TPSA) is 81.4 Å². The Balaban J connectivity index is 1.50. The Morgan fingerprint density at radius 3 is 2.71 bits per heavy atom. The van der Waals surface area contributed by atoms with Crippen LogP contribution in [0.2, 0.25) is 0 Å². The van der Waals surface area contributed by atoms with Crippen molar-refractivity contribution in [3.8, 4) is 5.75 Å². The van der Waals surface area contributed by atoms with Crippen molar-refractivity contribution in [1.82, 2.24) is 10.3 Å². The summed E-state index contributed by atoms with van der Waals surface area (Å²) in [7, 11) is 0. The van der Waals surface area contributed by atoms with Gasteiger partial charge in [0, 0.05) is 18.3 Å². The van der Waals surface area contributed by atoms with Gasteiger partial charge in [0.05, 0.1) is 17.4 Å². The largest absolute Gasteiger partial charge is 0.489 e. The van der Waals surface area contributed by atoms with Gasteiger partial charge in [-0.2, -0.15) is 0 Å². The van der Waals surface area contributed by atoms with Gasteiger partial charge in [-0.1, -0.05) is 0 Å². The molecule has 0 spiro atoms. The standard InChI is InChI=1S/C18H20N2O4/c1-12-16(3-2-10-19-12)24-15-7-5-14(6-8-15)20-18(22)13-4-9-17(21)23-11-13/h2-4,9-11,14-15H,5-8H2,1H3,(H,20,22). The molecule has 1 fully saturated rings. The molecule has 0 aliphatic heterocycles. The van der Waals surface area contributed by atoms with Crippen molar-refractivity contribution in [2.45, 2.75) is 44.8 Å². The molecule has 126 valence electrons. The van der Waals surface area contributed by atoms with Crippen LogP contribution < -0.4 is 15.7 Å². The number of aromatic nitrogens is 1. The van der Waals surface area contributed by atoms with E-state index in [0.29, 0.717) is 5.56 Å². The van der Waals surface area contributed by atoms with Gasteiger partial charge in [-0.25, -0.2) is 4.79 Å². The van der Waals surface area contributed by atoms with E-state index in [1.54, 1.807) is 6.20 Å². The van der Waals surface area contributed by atoms with Crippen molar-refractivity contribution >= 4 is 5.91 Å². The zero-order valence-electron chi connectivity index (χ0n) is 13.5. The number of nitrogens with zero attached hydrogens (tertiary/aromatic N) is 1. The maximum absolute atomic E-state index is 12.1. The molecule has 0 saturated heterocycles. The first-order valence-electron chi connectivity index (χ1n) is 8.10. The Morgan fingerprint density at radius 2 is 2.04 bits per heavy atom. The van der Waals surface area contributed by atoms with Crippen LogP contribution in [0.15, 0.2) is 45.9 Å². The van der Waals surface area contributed by atoms with Crippen LogP contribution in [-0.4, -0.2) is 23.0 Å². The van der Waals surface area contributed by atoms with Crippen LogP contribution in [0.4, 0.5) is 0 Å². The molecule has 0 unspecified atom stereocenters. The molecule has 2 heterocycles. The second-order valence-corrected chi connectivity index (χ2v) is 6.00. The minimum atomic E-state index is -0.463. The summed E-state index contributed by atoms with van der Waals surface area (Å²) in [6, 6.07) is 6.63. The second-order valence-electron chi connectivity index (χ2n) is 6.00. The highest BCUT2D eigenvalue weighted by atomic mass is 16.5. The predicted octanol–water partition coefficient (Wildman–Crippen LogP) is 2.46. The van der Waals surface area contributed by atoms with E-state index in [2.05, 4.69) is 10.3 Å². The lowest BCUT2D eigenvalue weighted by Crippen LogP contribution is -2.39. The van der Waals surface area contributed by atoms with Crippen LogP contribution in [0.3, 0.4) is 0 Å². The first-order valence-corrected chi connectivity index (χ1v) is 8.10. The Kier molecular flexibility index (Phi) is 4.93. The fourth-order valence-electron chi connectivity index (χ4n) is 2.85. The zero-order chi connectivity index (χ0) is 16.9. The summed E-state index contributed by atoms with van der Waals surface area (Å²) in [4.78, 5) is 27.3. The summed E-state index contributed by atoms with van der Waals surface area (Å²) in [6.07, 6.45) is 6.55. The highest BCUT2D eigenvalue weighted by Crippen LogP contribution is 2.25. The lowest BCUT2D eigenvalue weighted by Gasteiger charge is -2.29. The van der Waals surface area contributed by atoms with Gasteiger partial charge in [0.15, 0.2) is 0 Å².